The molecule has 2 unspecified atom stereocenters. The zero-order valence-corrected chi connectivity index (χ0v) is 18.3. The summed E-state index contributed by atoms with van der Waals surface area (Å²) >= 11 is 0. The second-order valence-corrected chi connectivity index (χ2v) is 9.15. The molecule has 0 saturated carbocycles. The van der Waals surface area contributed by atoms with Gasteiger partial charge >= 0.3 is 5.97 Å². The number of aliphatic hydroxyl groups excluding tert-OH is 1. The number of aliphatic carboxylic acids is 1. The first-order valence-electron chi connectivity index (χ1n) is 10.9. The number of carbonyl (C=O) groups is 3. The van der Waals surface area contributed by atoms with Gasteiger partial charge in [-0.2, -0.15) is 0 Å². The van der Waals surface area contributed by atoms with E-state index >= 15 is 0 Å². The van der Waals surface area contributed by atoms with Crippen LogP contribution in [0.1, 0.15) is 47.0 Å². The van der Waals surface area contributed by atoms with Crippen LogP contribution in [0.4, 0.5) is 0 Å². The molecule has 1 spiro atoms. The van der Waals surface area contributed by atoms with Gasteiger partial charge < -0.3 is 24.7 Å². The van der Waals surface area contributed by atoms with E-state index in [1.807, 2.05) is 27.7 Å². The number of carboxylic acids is 1. The second kappa shape index (κ2) is 8.30. The van der Waals surface area contributed by atoms with Gasteiger partial charge in [0.2, 0.25) is 11.8 Å². The Bertz CT molecular complexity index is 724. The molecule has 8 heteroatoms. The lowest BCUT2D eigenvalue weighted by atomic mass is 9.70. The fourth-order valence-corrected chi connectivity index (χ4v) is 5.68. The number of nitrogens with zero attached hydrogens (tertiary/aromatic N) is 2. The molecule has 0 radical (unpaired) electrons. The van der Waals surface area contributed by atoms with E-state index in [4.69, 9.17) is 4.74 Å². The minimum Gasteiger partial charge on any atom is -0.481 e. The molecule has 0 aromatic carbocycles. The standard InChI is InChI=1S/C22H34N2O6/c1-6-10-23(12(3)4)20(27)18-22-9-8-15(30-22)16(21(28)29)17(22)19(26)24(18)14(11-25)13(5)7-2/h6,12-18,25H,1,7-11H2,2-5H3,(H,28,29)/t13-,14-,15+,16-,17-,18?,22?/m0/s1. The highest BCUT2D eigenvalue weighted by atomic mass is 16.5. The molecule has 3 aliphatic rings. The molecular formula is C22H34N2O6. The Labute approximate surface area is 177 Å². The Morgan fingerprint density at radius 3 is 2.57 bits per heavy atom. The molecule has 3 rings (SSSR count). The molecule has 7 atom stereocenters. The van der Waals surface area contributed by atoms with Crippen molar-refractivity contribution in [2.75, 3.05) is 13.2 Å². The van der Waals surface area contributed by atoms with Crippen molar-refractivity contribution in [3.8, 4) is 0 Å². The van der Waals surface area contributed by atoms with E-state index in [0.29, 0.717) is 25.8 Å². The molecule has 8 nitrogen and oxygen atoms in total. The molecule has 0 aromatic heterocycles. The van der Waals surface area contributed by atoms with Crippen molar-refractivity contribution in [2.45, 2.75) is 76.8 Å². The van der Waals surface area contributed by atoms with Crippen molar-refractivity contribution in [1.82, 2.24) is 9.80 Å². The van der Waals surface area contributed by atoms with Gasteiger partial charge in [0.1, 0.15) is 11.6 Å². The Hall–Kier alpha value is -1.93. The summed E-state index contributed by atoms with van der Waals surface area (Å²) in [5.41, 5.74) is -1.16. The molecule has 3 fully saturated rings. The number of hydrogen-bond donors (Lipinski definition) is 2. The van der Waals surface area contributed by atoms with Gasteiger partial charge in [0, 0.05) is 12.6 Å². The third-order valence-electron chi connectivity index (χ3n) is 7.33. The van der Waals surface area contributed by atoms with Crippen LogP contribution in [0.2, 0.25) is 0 Å². The van der Waals surface area contributed by atoms with Crippen molar-refractivity contribution in [3.05, 3.63) is 12.7 Å². The van der Waals surface area contributed by atoms with Crippen molar-refractivity contribution >= 4 is 17.8 Å². The average Bonchev–Trinajstić information content (AvgIpc) is 3.33. The zero-order chi connectivity index (χ0) is 22.4. The van der Waals surface area contributed by atoms with E-state index < -0.39 is 41.6 Å². The van der Waals surface area contributed by atoms with Crippen LogP contribution in [-0.2, 0) is 19.1 Å². The number of hydrogen-bond acceptors (Lipinski definition) is 5. The van der Waals surface area contributed by atoms with E-state index in [1.165, 1.54) is 4.90 Å². The van der Waals surface area contributed by atoms with Gasteiger partial charge in [0.15, 0.2) is 0 Å². The molecule has 2 N–H and O–H groups in total. The maximum absolute atomic E-state index is 13.8. The highest BCUT2D eigenvalue weighted by molar-refractivity contribution is 5.98. The molecular weight excluding hydrogens is 388 g/mol. The van der Waals surface area contributed by atoms with Crippen LogP contribution in [0.25, 0.3) is 0 Å². The highest BCUT2D eigenvalue weighted by Crippen LogP contribution is 2.59. The van der Waals surface area contributed by atoms with Gasteiger partial charge in [-0.3, -0.25) is 14.4 Å². The Kier molecular flexibility index (Phi) is 6.30. The fourth-order valence-electron chi connectivity index (χ4n) is 5.68. The molecule has 2 bridgehead atoms. The summed E-state index contributed by atoms with van der Waals surface area (Å²) < 4.78 is 6.21. The summed E-state index contributed by atoms with van der Waals surface area (Å²) in [6.45, 7) is 11.4. The van der Waals surface area contributed by atoms with E-state index in [0.717, 1.165) is 0 Å². The minimum atomic E-state index is -1.16. The minimum absolute atomic E-state index is 0.0585. The van der Waals surface area contributed by atoms with Crippen molar-refractivity contribution < 1.29 is 29.3 Å². The smallest absolute Gasteiger partial charge is 0.310 e. The third kappa shape index (κ3) is 3.15. The number of likely N-dealkylation sites (tertiary alicyclic amines) is 1. The predicted octanol–water partition coefficient (Wildman–Crippen LogP) is 1.28. The van der Waals surface area contributed by atoms with Crippen molar-refractivity contribution in [2.24, 2.45) is 17.8 Å². The number of carboxylic acid groups (broad SMARTS) is 1. The fraction of sp³-hybridized carbons (Fsp3) is 0.773. The van der Waals surface area contributed by atoms with Gasteiger partial charge in [-0.05, 0) is 32.6 Å². The van der Waals surface area contributed by atoms with Crippen LogP contribution in [0, 0.1) is 17.8 Å². The Morgan fingerprint density at radius 2 is 2.07 bits per heavy atom. The normalized spacial score (nSPS) is 34.2. The van der Waals surface area contributed by atoms with Gasteiger partial charge in [-0.15, -0.1) is 6.58 Å². The summed E-state index contributed by atoms with van der Waals surface area (Å²) in [6.07, 6.45) is 2.76. The van der Waals surface area contributed by atoms with Gasteiger partial charge in [0.05, 0.1) is 30.6 Å². The van der Waals surface area contributed by atoms with E-state index in [-0.39, 0.29) is 30.4 Å². The van der Waals surface area contributed by atoms with E-state index in [2.05, 4.69) is 6.58 Å². The monoisotopic (exact) mass is 422 g/mol. The van der Waals surface area contributed by atoms with E-state index in [9.17, 15) is 24.6 Å². The molecule has 0 aromatic rings. The largest absolute Gasteiger partial charge is 0.481 e. The van der Waals surface area contributed by atoms with Crippen molar-refractivity contribution in [3.63, 3.8) is 0 Å². The number of rotatable bonds is 9. The molecule has 3 heterocycles. The maximum atomic E-state index is 13.8. The number of amides is 2. The topological polar surface area (TPSA) is 107 Å². The van der Waals surface area contributed by atoms with Gasteiger partial charge in [-0.1, -0.05) is 26.3 Å². The lowest BCUT2D eigenvalue weighted by Crippen LogP contribution is -2.60. The summed E-state index contributed by atoms with van der Waals surface area (Å²) in [4.78, 5) is 42.6. The predicted molar refractivity (Wildman–Crippen MR) is 109 cm³/mol. The first-order chi connectivity index (χ1) is 14.2. The molecule has 2 amide bonds. The summed E-state index contributed by atoms with van der Waals surface area (Å²) in [7, 11) is 0. The summed E-state index contributed by atoms with van der Waals surface area (Å²) in [5, 5.41) is 20.0. The quantitative estimate of drug-likeness (QED) is 0.542. The summed E-state index contributed by atoms with van der Waals surface area (Å²) in [6, 6.07) is -1.66. The molecule has 3 saturated heterocycles. The molecule has 168 valence electrons. The van der Waals surface area contributed by atoms with Gasteiger partial charge in [0.25, 0.3) is 0 Å². The maximum Gasteiger partial charge on any atom is 0.310 e. The lowest BCUT2D eigenvalue weighted by molar-refractivity contribution is -0.155. The van der Waals surface area contributed by atoms with Crippen LogP contribution >= 0.6 is 0 Å². The number of fused-ring (bicyclic) bond motifs is 1. The van der Waals surface area contributed by atoms with Crippen molar-refractivity contribution in [1.29, 1.82) is 0 Å². The highest BCUT2D eigenvalue weighted by Gasteiger charge is 2.75. The second-order valence-electron chi connectivity index (χ2n) is 9.15. The lowest BCUT2D eigenvalue weighted by Gasteiger charge is -2.41. The van der Waals surface area contributed by atoms with Crippen LogP contribution in [-0.4, -0.2) is 80.8 Å². The Morgan fingerprint density at radius 1 is 1.40 bits per heavy atom. The number of carbonyl (C=O) groups excluding carboxylic acids is 2. The molecule has 3 aliphatic heterocycles. The summed E-state index contributed by atoms with van der Waals surface area (Å²) in [5.74, 6) is -3.65. The average molecular weight is 423 g/mol. The Balaban J connectivity index is 2.13. The van der Waals surface area contributed by atoms with E-state index in [1.54, 1.807) is 11.0 Å². The van der Waals surface area contributed by atoms with Crippen LogP contribution in [0.15, 0.2) is 12.7 Å². The zero-order valence-electron chi connectivity index (χ0n) is 18.3. The number of aliphatic hydroxyl groups is 1. The van der Waals surface area contributed by atoms with Crippen LogP contribution < -0.4 is 0 Å². The molecule has 30 heavy (non-hydrogen) atoms. The molecule has 0 aliphatic carbocycles. The number of ether oxygens (including phenoxy) is 1. The SMILES string of the molecule is C=CCN(C(=O)C1N([C@@H](CO)[C@@H](C)CC)C(=O)[C@@H]2[C@@H](C(=O)O)[C@H]3CCC12O3)C(C)C. The third-order valence-corrected chi connectivity index (χ3v) is 7.33. The van der Waals surface area contributed by atoms with Crippen LogP contribution in [0.5, 0.6) is 0 Å². The van der Waals surface area contributed by atoms with Gasteiger partial charge in [-0.25, -0.2) is 0 Å². The first kappa shape index (κ1) is 22.7. The van der Waals surface area contributed by atoms with Crippen LogP contribution in [0.3, 0.4) is 0 Å². The first-order valence-corrected chi connectivity index (χ1v) is 10.9.